The van der Waals surface area contributed by atoms with E-state index in [4.69, 9.17) is 9.97 Å². The van der Waals surface area contributed by atoms with Gasteiger partial charge in [-0.1, -0.05) is 103 Å². The fourth-order valence-electron chi connectivity index (χ4n) is 6.36. The van der Waals surface area contributed by atoms with Crippen molar-refractivity contribution >= 4 is 10.8 Å². The van der Waals surface area contributed by atoms with Crippen LogP contribution in [-0.2, 0) is 5.41 Å². The third-order valence-corrected chi connectivity index (χ3v) is 8.43. The van der Waals surface area contributed by atoms with Gasteiger partial charge in [-0.2, -0.15) is 0 Å². The molecule has 0 radical (unpaired) electrons. The van der Waals surface area contributed by atoms with Crippen molar-refractivity contribution in [2.24, 2.45) is 0 Å². The minimum Gasteiger partial charge on any atom is -0.237 e. The van der Waals surface area contributed by atoms with Crippen molar-refractivity contribution in [3.8, 4) is 45.3 Å². The highest BCUT2D eigenvalue weighted by Gasteiger charge is 2.45. The average Bonchev–Trinajstić information content (AvgIpc) is 3.32. The van der Waals surface area contributed by atoms with Gasteiger partial charge in [0.25, 0.3) is 0 Å². The molecule has 1 atom stereocenters. The zero-order chi connectivity index (χ0) is 28.1. The summed E-state index contributed by atoms with van der Waals surface area (Å²) in [5, 5.41) is 2.42. The molecule has 42 heavy (non-hydrogen) atoms. The summed E-state index contributed by atoms with van der Waals surface area (Å²) in [4.78, 5) is 19.6. The molecule has 5 aromatic carbocycles. The Hall–Kier alpha value is -5.48. The Kier molecular flexibility index (Phi) is 5.54. The Morgan fingerprint density at radius 3 is 1.83 bits per heavy atom. The molecular formula is C38H26N4. The third kappa shape index (κ3) is 3.76. The van der Waals surface area contributed by atoms with Gasteiger partial charge in [-0.25, -0.2) is 19.9 Å². The molecule has 2 aromatic heterocycles. The van der Waals surface area contributed by atoms with Crippen LogP contribution in [0, 0.1) is 0 Å². The maximum atomic E-state index is 5.36. The van der Waals surface area contributed by atoms with Gasteiger partial charge >= 0.3 is 0 Å². The summed E-state index contributed by atoms with van der Waals surface area (Å²) in [6, 6.07) is 44.5. The molecule has 2 heterocycles. The molecule has 0 N–H and O–H groups in total. The Bertz CT molecular complexity index is 2090. The second-order valence-electron chi connectivity index (χ2n) is 10.9. The molecule has 1 unspecified atom stereocenters. The number of benzene rings is 5. The second-order valence-corrected chi connectivity index (χ2v) is 10.9. The van der Waals surface area contributed by atoms with Crippen LogP contribution in [-0.4, -0.2) is 19.9 Å². The third-order valence-electron chi connectivity index (χ3n) is 8.43. The van der Waals surface area contributed by atoms with Crippen LogP contribution in [0.15, 0.2) is 140 Å². The molecule has 0 saturated carbocycles. The minimum absolute atomic E-state index is 0.445. The van der Waals surface area contributed by atoms with E-state index in [2.05, 4.69) is 120 Å². The predicted molar refractivity (Wildman–Crippen MR) is 169 cm³/mol. The van der Waals surface area contributed by atoms with Crippen LogP contribution >= 0.6 is 0 Å². The number of hydrogen-bond donors (Lipinski definition) is 0. The molecule has 0 spiro atoms. The maximum Gasteiger partial charge on any atom is 0.160 e. The topological polar surface area (TPSA) is 51.6 Å². The first-order valence-electron chi connectivity index (χ1n) is 14.1. The largest absolute Gasteiger partial charge is 0.237 e. The van der Waals surface area contributed by atoms with Crippen LogP contribution in [0.25, 0.3) is 56.1 Å². The summed E-state index contributed by atoms with van der Waals surface area (Å²) in [5.74, 6) is 1.36. The van der Waals surface area contributed by atoms with Gasteiger partial charge in [0.15, 0.2) is 11.6 Å². The lowest BCUT2D eigenvalue weighted by Crippen LogP contribution is -2.24. The van der Waals surface area contributed by atoms with Crippen LogP contribution in [0.4, 0.5) is 0 Å². The second kappa shape index (κ2) is 9.57. The molecule has 0 aliphatic heterocycles. The molecule has 7 aromatic rings. The smallest absolute Gasteiger partial charge is 0.160 e. The first-order chi connectivity index (χ1) is 20.7. The highest BCUT2D eigenvalue weighted by Crippen LogP contribution is 2.55. The summed E-state index contributed by atoms with van der Waals surface area (Å²) in [6.45, 7) is 2.32. The van der Waals surface area contributed by atoms with Gasteiger partial charge in [0.05, 0.1) is 11.4 Å². The number of fused-ring (bicyclic) bond motifs is 4. The van der Waals surface area contributed by atoms with E-state index < -0.39 is 5.41 Å². The van der Waals surface area contributed by atoms with E-state index in [0.29, 0.717) is 11.6 Å². The lowest BCUT2D eigenvalue weighted by molar-refractivity contribution is 0.711. The zero-order valence-electron chi connectivity index (χ0n) is 23.1. The molecule has 1 aliphatic rings. The molecule has 4 nitrogen and oxygen atoms in total. The standard InChI is InChI=1S/C38H26N4/c1-38(30-18-6-3-7-19-30)32-24-27-15-9-8-14-26(27)23-31(32)35-33(38)34(25-12-4-2-5-13-25)41-37(42-35)29-17-10-16-28(22-29)36-39-20-11-21-40-36/h2-24H,1H3. The molecule has 0 fully saturated rings. The Labute approximate surface area is 244 Å². The normalized spacial score (nSPS) is 15.4. The number of hydrogen-bond acceptors (Lipinski definition) is 4. The molecular weight excluding hydrogens is 512 g/mol. The van der Waals surface area contributed by atoms with Crippen molar-refractivity contribution in [3.05, 3.63) is 156 Å². The van der Waals surface area contributed by atoms with Crippen molar-refractivity contribution in [3.63, 3.8) is 0 Å². The van der Waals surface area contributed by atoms with E-state index in [0.717, 1.165) is 39.2 Å². The summed E-state index contributed by atoms with van der Waals surface area (Å²) in [6.07, 6.45) is 3.53. The molecule has 0 saturated heterocycles. The molecule has 0 amide bonds. The van der Waals surface area contributed by atoms with E-state index in [9.17, 15) is 0 Å². The molecule has 198 valence electrons. The van der Waals surface area contributed by atoms with E-state index in [1.54, 1.807) is 12.4 Å². The first kappa shape index (κ1) is 24.3. The molecule has 8 rings (SSSR count). The SMILES string of the molecule is CC1(c2ccccc2)c2cc3ccccc3cc2-c2nc(-c3cccc(-c4ncccn4)c3)nc(-c3ccccc3)c21. The minimum atomic E-state index is -0.445. The summed E-state index contributed by atoms with van der Waals surface area (Å²) in [7, 11) is 0. The van der Waals surface area contributed by atoms with Crippen molar-refractivity contribution in [2.45, 2.75) is 12.3 Å². The van der Waals surface area contributed by atoms with Crippen LogP contribution in [0.2, 0.25) is 0 Å². The Balaban J connectivity index is 1.46. The van der Waals surface area contributed by atoms with Crippen molar-refractivity contribution in [2.75, 3.05) is 0 Å². The first-order valence-corrected chi connectivity index (χ1v) is 14.1. The maximum absolute atomic E-state index is 5.36. The lowest BCUT2D eigenvalue weighted by Gasteiger charge is -2.29. The van der Waals surface area contributed by atoms with Gasteiger partial charge in [0, 0.05) is 45.6 Å². The highest BCUT2D eigenvalue weighted by molar-refractivity contribution is 5.96. The number of nitrogens with zero attached hydrogens (tertiary/aromatic N) is 4. The van der Waals surface area contributed by atoms with Gasteiger partial charge in [-0.05, 0) is 53.1 Å². The monoisotopic (exact) mass is 538 g/mol. The van der Waals surface area contributed by atoms with Gasteiger partial charge in [0.1, 0.15) is 0 Å². The Morgan fingerprint density at radius 1 is 0.500 bits per heavy atom. The van der Waals surface area contributed by atoms with E-state index >= 15 is 0 Å². The predicted octanol–water partition coefficient (Wildman–Crippen LogP) is 8.76. The van der Waals surface area contributed by atoms with Crippen molar-refractivity contribution in [1.29, 1.82) is 0 Å². The van der Waals surface area contributed by atoms with Crippen molar-refractivity contribution in [1.82, 2.24) is 19.9 Å². The van der Waals surface area contributed by atoms with Gasteiger partial charge < -0.3 is 0 Å². The average molecular weight is 539 g/mol. The highest BCUT2D eigenvalue weighted by atomic mass is 14.9. The van der Waals surface area contributed by atoms with E-state index in [1.165, 1.54) is 21.9 Å². The molecule has 1 aliphatic carbocycles. The van der Waals surface area contributed by atoms with E-state index in [1.807, 2.05) is 24.3 Å². The summed E-state index contributed by atoms with van der Waals surface area (Å²) < 4.78 is 0. The van der Waals surface area contributed by atoms with Gasteiger partial charge in [-0.15, -0.1) is 0 Å². The molecule has 0 bridgehead atoms. The summed E-state index contributed by atoms with van der Waals surface area (Å²) >= 11 is 0. The fourth-order valence-corrected chi connectivity index (χ4v) is 6.36. The number of rotatable bonds is 4. The zero-order valence-corrected chi connectivity index (χ0v) is 23.1. The van der Waals surface area contributed by atoms with E-state index in [-0.39, 0.29) is 0 Å². The molecule has 4 heteroatoms. The summed E-state index contributed by atoms with van der Waals surface area (Å²) in [5.41, 5.74) is 9.16. The lowest BCUT2D eigenvalue weighted by atomic mass is 9.73. The quantitative estimate of drug-likeness (QED) is 0.225. The van der Waals surface area contributed by atoms with Crippen LogP contribution in [0.5, 0.6) is 0 Å². The Morgan fingerprint density at radius 2 is 1.10 bits per heavy atom. The van der Waals surface area contributed by atoms with Crippen molar-refractivity contribution < 1.29 is 0 Å². The van der Waals surface area contributed by atoms with Crippen LogP contribution in [0.3, 0.4) is 0 Å². The number of aromatic nitrogens is 4. The van der Waals surface area contributed by atoms with Crippen LogP contribution in [0.1, 0.15) is 23.6 Å². The van der Waals surface area contributed by atoms with Gasteiger partial charge in [0.2, 0.25) is 0 Å². The van der Waals surface area contributed by atoms with Gasteiger partial charge in [-0.3, -0.25) is 0 Å². The van der Waals surface area contributed by atoms with Crippen LogP contribution < -0.4 is 0 Å². The fraction of sp³-hybridized carbons (Fsp3) is 0.0526.